The number of rotatable bonds is 6. The van der Waals surface area contributed by atoms with Gasteiger partial charge in [-0.05, 0) is 36.5 Å². The molecular formula is C17H28N2O2. The molecule has 0 radical (unpaired) electrons. The zero-order valence-electron chi connectivity index (χ0n) is 12.7. The van der Waals surface area contributed by atoms with Crippen molar-refractivity contribution in [1.29, 1.82) is 0 Å². The fraction of sp³-hybridized carbons (Fsp3) is 0.647. The van der Waals surface area contributed by atoms with Gasteiger partial charge in [0, 0.05) is 12.6 Å². The lowest BCUT2D eigenvalue weighted by atomic mass is 10.0. The van der Waals surface area contributed by atoms with Gasteiger partial charge in [-0.1, -0.05) is 37.8 Å². The zero-order valence-corrected chi connectivity index (χ0v) is 12.7. The van der Waals surface area contributed by atoms with Crippen molar-refractivity contribution in [3.8, 4) is 5.75 Å². The molecule has 1 aromatic rings. The van der Waals surface area contributed by atoms with Crippen molar-refractivity contribution < 1.29 is 9.84 Å². The summed E-state index contributed by atoms with van der Waals surface area (Å²) < 4.78 is 5.92. The molecule has 5 N–H and O–H groups in total. The van der Waals surface area contributed by atoms with E-state index in [1.165, 1.54) is 38.5 Å². The molecule has 0 amide bonds. The van der Waals surface area contributed by atoms with Gasteiger partial charge < -0.3 is 21.3 Å². The molecule has 0 aliphatic heterocycles. The van der Waals surface area contributed by atoms with E-state index in [4.69, 9.17) is 16.2 Å². The number of nitrogens with two attached hydrogens (primary N) is 2. The molecular weight excluding hydrogens is 264 g/mol. The summed E-state index contributed by atoms with van der Waals surface area (Å²) in [6.45, 7) is 1.02. The predicted molar refractivity (Wildman–Crippen MR) is 85.1 cm³/mol. The van der Waals surface area contributed by atoms with Gasteiger partial charge in [-0.15, -0.1) is 0 Å². The molecule has 0 spiro atoms. The Morgan fingerprint density at radius 1 is 1.19 bits per heavy atom. The van der Waals surface area contributed by atoms with Gasteiger partial charge in [-0.2, -0.15) is 0 Å². The van der Waals surface area contributed by atoms with Crippen LogP contribution >= 0.6 is 0 Å². The Hall–Kier alpha value is -1.10. The topological polar surface area (TPSA) is 81.5 Å². The second-order valence-corrected chi connectivity index (χ2v) is 6.09. The quantitative estimate of drug-likeness (QED) is 0.703. The molecule has 2 atom stereocenters. The summed E-state index contributed by atoms with van der Waals surface area (Å²) in [7, 11) is 0. The highest BCUT2D eigenvalue weighted by atomic mass is 16.5. The molecule has 4 heteroatoms. The van der Waals surface area contributed by atoms with E-state index in [9.17, 15) is 5.11 Å². The van der Waals surface area contributed by atoms with Gasteiger partial charge in [0.05, 0.1) is 12.7 Å². The molecule has 0 heterocycles. The molecule has 1 aliphatic carbocycles. The summed E-state index contributed by atoms with van der Waals surface area (Å²) in [5.74, 6) is 1.47. The van der Waals surface area contributed by atoms with Crippen molar-refractivity contribution >= 4 is 0 Å². The molecule has 0 aromatic heterocycles. The van der Waals surface area contributed by atoms with Gasteiger partial charge in [0.1, 0.15) is 5.75 Å². The Morgan fingerprint density at radius 3 is 2.57 bits per heavy atom. The van der Waals surface area contributed by atoms with E-state index in [0.29, 0.717) is 5.92 Å². The standard InChI is InChI=1S/C17H28N2O2/c18-11-16(19)17(20)14-8-5-9-15(10-14)21-12-13-6-3-1-2-4-7-13/h5,8-10,13,16-17,20H,1-4,6-7,11-12,18-19H2/t16-,17+/m1/s1. The lowest BCUT2D eigenvalue weighted by molar-refractivity contribution is 0.148. The maximum atomic E-state index is 10.1. The van der Waals surface area contributed by atoms with Crippen LogP contribution in [-0.4, -0.2) is 24.3 Å². The third-order valence-corrected chi connectivity index (χ3v) is 4.34. The summed E-state index contributed by atoms with van der Waals surface area (Å²) in [4.78, 5) is 0. The summed E-state index contributed by atoms with van der Waals surface area (Å²) in [5.41, 5.74) is 12.1. The summed E-state index contributed by atoms with van der Waals surface area (Å²) in [5, 5.41) is 10.1. The number of hydrogen-bond donors (Lipinski definition) is 3. The van der Waals surface area contributed by atoms with E-state index in [1.54, 1.807) is 0 Å². The molecule has 1 fully saturated rings. The van der Waals surface area contributed by atoms with Crippen LogP contribution in [0.3, 0.4) is 0 Å². The molecule has 0 saturated heterocycles. The first-order valence-electron chi connectivity index (χ1n) is 8.07. The van der Waals surface area contributed by atoms with E-state index in [2.05, 4.69) is 0 Å². The first kappa shape index (κ1) is 16.3. The first-order chi connectivity index (χ1) is 10.2. The van der Waals surface area contributed by atoms with Crippen LogP contribution in [0, 0.1) is 5.92 Å². The predicted octanol–water partition coefficient (Wildman–Crippen LogP) is 2.36. The van der Waals surface area contributed by atoms with Crippen molar-refractivity contribution in [2.24, 2.45) is 17.4 Å². The second-order valence-electron chi connectivity index (χ2n) is 6.09. The fourth-order valence-electron chi connectivity index (χ4n) is 2.91. The fourth-order valence-corrected chi connectivity index (χ4v) is 2.91. The summed E-state index contributed by atoms with van der Waals surface area (Å²) >= 11 is 0. The number of aliphatic hydroxyl groups excluding tert-OH is 1. The Balaban J connectivity index is 1.91. The van der Waals surface area contributed by atoms with Crippen molar-refractivity contribution in [1.82, 2.24) is 0 Å². The monoisotopic (exact) mass is 292 g/mol. The highest BCUT2D eigenvalue weighted by molar-refractivity contribution is 5.30. The summed E-state index contributed by atoms with van der Waals surface area (Å²) in [6, 6.07) is 7.11. The lowest BCUT2D eigenvalue weighted by Crippen LogP contribution is -2.35. The van der Waals surface area contributed by atoms with E-state index >= 15 is 0 Å². The van der Waals surface area contributed by atoms with E-state index < -0.39 is 12.1 Å². The van der Waals surface area contributed by atoms with Crippen LogP contribution in [-0.2, 0) is 0 Å². The van der Waals surface area contributed by atoms with E-state index in [0.717, 1.165) is 17.9 Å². The second kappa shape index (κ2) is 8.37. The number of benzene rings is 1. The minimum absolute atomic E-state index is 0.258. The molecule has 1 aromatic carbocycles. The maximum Gasteiger partial charge on any atom is 0.119 e. The third-order valence-electron chi connectivity index (χ3n) is 4.34. The number of hydrogen-bond acceptors (Lipinski definition) is 4. The Morgan fingerprint density at radius 2 is 1.90 bits per heavy atom. The van der Waals surface area contributed by atoms with Gasteiger partial charge in [0.25, 0.3) is 0 Å². The average Bonchev–Trinajstić information content (AvgIpc) is 2.80. The van der Waals surface area contributed by atoms with Gasteiger partial charge >= 0.3 is 0 Å². The maximum absolute atomic E-state index is 10.1. The van der Waals surface area contributed by atoms with Crippen LogP contribution in [0.4, 0.5) is 0 Å². The smallest absolute Gasteiger partial charge is 0.119 e. The average molecular weight is 292 g/mol. The molecule has 118 valence electrons. The summed E-state index contributed by atoms with van der Waals surface area (Å²) in [6.07, 6.45) is 7.14. The van der Waals surface area contributed by atoms with Gasteiger partial charge in [-0.25, -0.2) is 0 Å². The van der Waals surface area contributed by atoms with E-state index in [1.807, 2.05) is 24.3 Å². The van der Waals surface area contributed by atoms with Crippen LogP contribution in [0.2, 0.25) is 0 Å². The van der Waals surface area contributed by atoms with Gasteiger partial charge in [0.15, 0.2) is 0 Å². The van der Waals surface area contributed by atoms with Crippen molar-refractivity contribution in [3.05, 3.63) is 29.8 Å². The molecule has 4 nitrogen and oxygen atoms in total. The lowest BCUT2D eigenvalue weighted by Gasteiger charge is -2.19. The third kappa shape index (κ3) is 4.99. The van der Waals surface area contributed by atoms with Crippen LogP contribution < -0.4 is 16.2 Å². The molecule has 1 aliphatic rings. The van der Waals surface area contributed by atoms with Crippen molar-refractivity contribution in [2.75, 3.05) is 13.2 Å². The molecule has 0 bridgehead atoms. The largest absolute Gasteiger partial charge is 0.493 e. The Labute approximate surface area is 127 Å². The number of ether oxygens (including phenoxy) is 1. The molecule has 0 unspecified atom stereocenters. The zero-order chi connectivity index (χ0) is 15.1. The first-order valence-corrected chi connectivity index (χ1v) is 8.07. The van der Waals surface area contributed by atoms with Crippen LogP contribution in [0.5, 0.6) is 5.75 Å². The highest BCUT2D eigenvalue weighted by Gasteiger charge is 2.17. The van der Waals surface area contributed by atoms with Crippen molar-refractivity contribution in [2.45, 2.75) is 50.7 Å². The van der Waals surface area contributed by atoms with E-state index in [-0.39, 0.29) is 6.54 Å². The van der Waals surface area contributed by atoms with Gasteiger partial charge in [-0.3, -0.25) is 0 Å². The normalized spacial score (nSPS) is 19.8. The number of aliphatic hydroxyl groups is 1. The minimum atomic E-state index is -0.739. The Bertz CT molecular complexity index is 417. The highest BCUT2D eigenvalue weighted by Crippen LogP contribution is 2.25. The van der Waals surface area contributed by atoms with Crippen LogP contribution in [0.25, 0.3) is 0 Å². The van der Waals surface area contributed by atoms with Gasteiger partial charge in [0.2, 0.25) is 0 Å². The minimum Gasteiger partial charge on any atom is -0.493 e. The molecule has 1 saturated carbocycles. The van der Waals surface area contributed by atoms with Crippen molar-refractivity contribution in [3.63, 3.8) is 0 Å². The Kier molecular flexibility index (Phi) is 6.49. The van der Waals surface area contributed by atoms with Crippen LogP contribution in [0.15, 0.2) is 24.3 Å². The van der Waals surface area contributed by atoms with Crippen LogP contribution in [0.1, 0.15) is 50.2 Å². The SMILES string of the molecule is NC[C@@H](N)[C@@H](O)c1cccc(OCC2CCCCCC2)c1. The molecule has 2 rings (SSSR count). The molecule has 21 heavy (non-hydrogen) atoms.